The van der Waals surface area contributed by atoms with Crippen LogP contribution in [0, 0.1) is 10.1 Å². The van der Waals surface area contributed by atoms with Gasteiger partial charge in [-0.05, 0) is 43.3 Å². The number of benzene rings is 2. The van der Waals surface area contributed by atoms with Gasteiger partial charge < -0.3 is 10.2 Å². The predicted octanol–water partition coefficient (Wildman–Crippen LogP) is 2.56. The van der Waals surface area contributed by atoms with E-state index in [1.807, 2.05) is 0 Å². The second-order valence-corrected chi connectivity index (χ2v) is 6.72. The van der Waals surface area contributed by atoms with E-state index in [-0.39, 0.29) is 17.4 Å². The maximum atomic E-state index is 12.3. The molecule has 2 aromatic carbocycles. The van der Waals surface area contributed by atoms with Gasteiger partial charge in [-0.3, -0.25) is 24.6 Å². The van der Waals surface area contributed by atoms with Crippen molar-refractivity contribution in [3.05, 3.63) is 64.2 Å². The number of hydrogen-bond donors (Lipinski definition) is 1. The molecule has 0 bridgehead atoms. The highest BCUT2D eigenvalue weighted by molar-refractivity contribution is 5.96. The molecule has 0 unspecified atom stereocenters. The lowest BCUT2D eigenvalue weighted by molar-refractivity contribution is -0.384. The maximum Gasteiger partial charge on any atom is 0.269 e. The zero-order valence-corrected chi connectivity index (χ0v) is 15.6. The Hall–Kier alpha value is -3.26. The summed E-state index contributed by atoms with van der Waals surface area (Å²) in [7, 11) is 0. The fourth-order valence-electron chi connectivity index (χ4n) is 3.14. The molecule has 1 heterocycles. The smallest absolute Gasteiger partial charge is 0.269 e. The molecule has 8 nitrogen and oxygen atoms in total. The molecule has 1 fully saturated rings. The minimum atomic E-state index is -0.409. The molecule has 28 heavy (non-hydrogen) atoms. The van der Waals surface area contributed by atoms with Crippen molar-refractivity contribution in [2.45, 2.75) is 6.92 Å². The van der Waals surface area contributed by atoms with Gasteiger partial charge in [-0.15, -0.1) is 0 Å². The minimum Gasteiger partial charge on any atom is -0.369 e. The summed E-state index contributed by atoms with van der Waals surface area (Å²) >= 11 is 0. The molecule has 1 N–H and O–H groups in total. The number of hydrogen-bond acceptors (Lipinski definition) is 6. The van der Waals surface area contributed by atoms with Crippen LogP contribution in [0.15, 0.2) is 48.5 Å². The third kappa shape index (κ3) is 4.92. The molecule has 1 aliphatic rings. The molecule has 8 heteroatoms. The number of amides is 1. The summed E-state index contributed by atoms with van der Waals surface area (Å²) in [4.78, 5) is 38.1. The number of anilines is 2. The van der Waals surface area contributed by atoms with Gasteiger partial charge >= 0.3 is 0 Å². The van der Waals surface area contributed by atoms with Crippen molar-refractivity contribution < 1.29 is 14.5 Å². The third-order valence-corrected chi connectivity index (χ3v) is 4.74. The zero-order valence-electron chi connectivity index (χ0n) is 15.6. The van der Waals surface area contributed by atoms with Crippen molar-refractivity contribution >= 4 is 28.8 Å². The number of non-ortho nitro benzene ring substituents is 1. The Morgan fingerprint density at radius 1 is 1.00 bits per heavy atom. The first-order chi connectivity index (χ1) is 13.4. The van der Waals surface area contributed by atoms with Gasteiger partial charge in [-0.1, -0.05) is 0 Å². The van der Waals surface area contributed by atoms with Gasteiger partial charge in [0.25, 0.3) is 5.69 Å². The quantitative estimate of drug-likeness (QED) is 0.469. The number of rotatable bonds is 6. The number of nitro benzene ring substituents is 1. The van der Waals surface area contributed by atoms with Crippen molar-refractivity contribution in [1.82, 2.24) is 4.90 Å². The summed E-state index contributed by atoms with van der Waals surface area (Å²) in [6.45, 7) is 4.75. The lowest BCUT2D eigenvalue weighted by Gasteiger charge is -2.35. The average molecular weight is 382 g/mol. The van der Waals surface area contributed by atoms with Crippen LogP contribution < -0.4 is 10.2 Å². The number of nitro groups is 1. The van der Waals surface area contributed by atoms with Crippen LogP contribution in [0.5, 0.6) is 0 Å². The van der Waals surface area contributed by atoms with Gasteiger partial charge in [0, 0.05) is 55.2 Å². The molecule has 0 radical (unpaired) electrons. The highest BCUT2D eigenvalue weighted by Gasteiger charge is 2.20. The van der Waals surface area contributed by atoms with Gasteiger partial charge in [0.15, 0.2) is 5.78 Å². The van der Waals surface area contributed by atoms with E-state index < -0.39 is 4.92 Å². The van der Waals surface area contributed by atoms with E-state index in [0.717, 1.165) is 31.9 Å². The topological polar surface area (TPSA) is 95.8 Å². The second-order valence-electron chi connectivity index (χ2n) is 6.72. The molecular weight excluding hydrogens is 360 g/mol. The first-order valence-electron chi connectivity index (χ1n) is 9.05. The number of nitrogens with zero attached hydrogens (tertiary/aromatic N) is 3. The van der Waals surface area contributed by atoms with Crippen LogP contribution in [0.3, 0.4) is 0 Å². The van der Waals surface area contributed by atoms with Gasteiger partial charge in [-0.2, -0.15) is 0 Å². The highest BCUT2D eigenvalue weighted by atomic mass is 16.6. The number of nitrogens with one attached hydrogen (secondary N) is 1. The lowest BCUT2D eigenvalue weighted by Crippen LogP contribution is -2.48. The Bertz CT molecular complexity index is 857. The Morgan fingerprint density at radius 2 is 1.61 bits per heavy atom. The van der Waals surface area contributed by atoms with E-state index in [0.29, 0.717) is 17.8 Å². The van der Waals surface area contributed by atoms with Crippen LogP contribution in [-0.4, -0.2) is 54.2 Å². The van der Waals surface area contributed by atoms with Gasteiger partial charge in [0.1, 0.15) is 0 Å². The van der Waals surface area contributed by atoms with Gasteiger partial charge in [0.05, 0.1) is 11.5 Å². The monoisotopic (exact) mass is 382 g/mol. The summed E-state index contributed by atoms with van der Waals surface area (Å²) in [5.74, 6) is -0.108. The van der Waals surface area contributed by atoms with Gasteiger partial charge in [-0.25, -0.2) is 0 Å². The average Bonchev–Trinajstić information content (AvgIpc) is 2.69. The van der Waals surface area contributed by atoms with Crippen LogP contribution >= 0.6 is 0 Å². The zero-order chi connectivity index (χ0) is 20.1. The van der Waals surface area contributed by atoms with E-state index >= 15 is 0 Å². The van der Waals surface area contributed by atoms with Crippen LogP contribution in [-0.2, 0) is 4.79 Å². The molecule has 0 aliphatic carbocycles. The van der Waals surface area contributed by atoms with E-state index in [4.69, 9.17) is 0 Å². The van der Waals surface area contributed by atoms with E-state index in [1.165, 1.54) is 19.1 Å². The van der Waals surface area contributed by atoms with Crippen LogP contribution in [0.2, 0.25) is 0 Å². The first-order valence-corrected chi connectivity index (χ1v) is 9.05. The molecule has 1 aliphatic heterocycles. The summed E-state index contributed by atoms with van der Waals surface area (Å²) in [5, 5.41) is 13.6. The Morgan fingerprint density at radius 3 is 2.14 bits per heavy atom. The van der Waals surface area contributed by atoms with Crippen LogP contribution in [0.4, 0.5) is 17.1 Å². The maximum absolute atomic E-state index is 12.3. The molecule has 1 amide bonds. The molecule has 0 aromatic heterocycles. The summed E-state index contributed by atoms with van der Waals surface area (Å²) in [6.07, 6.45) is 0. The molecule has 0 atom stereocenters. The molecule has 0 spiro atoms. The van der Waals surface area contributed by atoms with Crippen molar-refractivity contribution in [2.75, 3.05) is 42.9 Å². The normalized spacial score (nSPS) is 14.5. The largest absolute Gasteiger partial charge is 0.369 e. The first kappa shape index (κ1) is 19.5. The molecule has 146 valence electrons. The number of carbonyl (C=O) groups is 2. The Kier molecular flexibility index (Phi) is 6.00. The standard InChI is InChI=1S/C20H22N4O4/c1-15(25)16-2-4-17(5-3-16)21-20(26)14-22-10-12-23(13-11-22)18-6-8-19(9-7-18)24(27)28/h2-9H,10-14H2,1H3,(H,21,26). The molecule has 0 saturated carbocycles. The molecule has 2 aromatic rings. The number of ketones is 1. The van der Waals surface area contributed by atoms with Crippen molar-refractivity contribution in [3.8, 4) is 0 Å². The summed E-state index contributed by atoms with van der Waals surface area (Å²) in [5.41, 5.74) is 2.30. The summed E-state index contributed by atoms with van der Waals surface area (Å²) in [6, 6.07) is 13.4. The van der Waals surface area contributed by atoms with E-state index in [1.54, 1.807) is 36.4 Å². The van der Waals surface area contributed by atoms with Crippen LogP contribution in [0.1, 0.15) is 17.3 Å². The van der Waals surface area contributed by atoms with E-state index in [9.17, 15) is 19.7 Å². The fraction of sp³-hybridized carbons (Fsp3) is 0.300. The van der Waals surface area contributed by atoms with Crippen LogP contribution in [0.25, 0.3) is 0 Å². The minimum absolute atomic E-state index is 0.0104. The van der Waals surface area contributed by atoms with Crippen molar-refractivity contribution in [2.24, 2.45) is 0 Å². The van der Waals surface area contributed by atoms with E-state index in [2.05, 4.69) is 15.1 Å². The summed E-state index contributed by atoms with van der Waals surface area (Å²) < 4.78 is 0. The Labute approximate surface area is 162 Å². The molecule has 1 saturated heterocycles. The van der Waals surface area contributed by atoms with Crippen molar-refractivity contribution in [3.63, 3.8) is 0 Å². The number of piperazine rings is 1. The second kappa shape index (κ2) is 8.62. The number of carbonyl (C=O) groups excluding carboxylic acids is 2. The fourth-order valence-corrected chi connectivity index (χ4v) is 3.14. The molecular formula is C20H22N4O4. The SMILES string of the molecule is CC(=O)c1ccc(NC(=O)CN2CCN(c3ccc([N+](=O)[O-])cc3)CC2)cc1. The third-order valence-electron chi connectivity index (χ3n) is 4.74. The lowest BCUT2D eigenvalue weighted by atomic mass is 10.1. The number of Topliss-reactive ketones (excluding diaryl/α,β-unsaturated/α-hetero) is 1. The predicted molar refractivity (Wildman–Crippen MR) is 107 cm³/mol. The molecule has 3 rings (SSSR count). The van der Waals surface area contributed by atoms with Crippen molar-refractivity contribution in [1.29, 1.82) is 0 Å². The highest BCUT2D eigenvalue weighted by Crippen LogP contribution is 2.20. The Balaban J connectivity index is 1.47. The van der Waals surface area contributed by atoms with Gasteiger partial charge in [0.2, 0.25) is 5.91 Å².